The van der Waals surface area contributed by atoms with Crippen LogP contribution in [0.2, 0.25) is 0 Å². The molecule has 23 heavy (non-hydrogen) atoms. The van der Waals surface area contributed by atoms with Crippen LogP contribution in [0.25, 0.3) is 0 Å². The molecule has 0 atom stereocenters. The monoisotopic (exact) mass is 315 g/mol. The highest BCUT2D eigenvalue weighted by molar-refractivity contribution is 5.91. The molecule has 0 unspecified atom stereocenters. The Bertz CT molecular complexity index is 839. The minimum atomic E-state index is -0.456. The van der Waals surface area contributed by atoms with Gasteiger partial charge < -0.3 is 10.3 Å². The largest absolute Gasteiger partial charge is 0.349 e. The molecule has 0 saturated carbocycles. The lowest BCUT2D eigenvalue weighted by Gasteiger charge is -2.15. The number of amides is 1. The van der Waals surface area contributed by atoms with Gasteiger partial charge in [0, 0.05) is 18.7 Å². The van der Waals surface area contributed by atoms with Crippen LogP contribution in [-0.2, 0) is 19.4 Å². The molecule has 2 aromatic rings. The Hall–Kier alpha value is -2.77. The summed E-state index contributed by atoms with van der Waals surface area (Å²) in [6.07, 6.45) is 5.15. The van der Waals surface area contributed by atoms with Gasteiger partial charge in [0.05, 0.1) is 18.6 Å². The molecule has 2 aromatic heterocycles. The number of aromatic nitrogens is 4. The summed E-state index contributed by atoms with van der Waals surface area (Å²) in [7, 11) is 0. The number of fused-ring (bicyclic) bond motifs is 1. The molecule has 2 heterocycles. The van der Waals surface area contributed by atoms with E-state index in [1.54, 1.807) is 6.07 Å². The minimum absolute atomic E-state index is 0.0412. The van der Waals surface area contributed by atoms with Crippen LogP contribution in [0, 0.1) is 0 Å². The fourth-order valence-electron chi connectivity index (χ4n) is 2.62. The molecule has 0 saturated heterocycles. The third-order valence-corrected chi connectivity index (χ3v) is 3.79. The van der Waals surface area contributed by atoms with Gasteiger partial charge in [0.25, 0.3) is 17.0 Å². The zero-order chi connectivity index (χ0) is 16.2. The number of H-pyrrole nitrogens is 1. The number of hydrogen-bond donors (Lipinski definition) is 2. The summed E-state index contributed by atoms with van der Waals surface area (Å²) in [5.41, 5.74) is 1.50. The Balaban J connectivity index is 1.64. The van der Waals surface area contributed by atoms with Gasteiger partial charge in [-0.3, -0.25) is 14.4 Å². The van der Waals surface area contributed by atoms with E-state index in [1.165, 1.54) is 11.0 Å². The van der Waals surface area contributed by atoms with Gasteiger partial charge >= 0.3 is 0 Å². The fourth-order valence-corrected chi connectivity index (χ4v) is 2.62. The second-order valence-corrected chi connectivity index (χ2v) is 5.44. The van der Waals surface area contributed by atoms with E-state index in [0.717, 1.165) is 43.0 Å². The summed E-state index contributed by atoms with van der Waals surface area (Å²) in [5, 5.41) is 7.01. The summed E-state index contributed by atoms with van der Waals surface area (Å²) in [6.45, 7) is 0.514. The van der Waals surface area contributed by atoms with Crippen LogP contribution in [-0.4, -0.2) is 32.2 Å². The van der Waals surface area contributed by atoms with E-state index in [9.17, 15) is 14.4 Å². The van der Waals surface area contributed by atoms with Crippen molar-refractivity contribution in [2.45, 2.75) is 32.2 Å². The van der Waals surface area contributed by atoms with Crippen LogP contribution in [0.3, 0.4) is 0 Å². The Labute approximate surface area is 131 Å². The van der Waals surface area contributed by atoms with Crippen molar-refractivity contribution in [1.29, 1.82) is 0 Å². The van der Waals surface area contributed by atoms with E-state index in [4.69, 9.17) is 0 Å². The highest BCUT2D eigenvalue weighted by atomic mass is 16.2. The van der Waals surface area contributed by atoms with E-state index in [-0.39, 0.29) is 24.3 Å². The Morgan fingerprint density at radius 1 is 1.26 bits per heavy atom. The summed E-state index contributed by atoms with van der Waals surface area (Å²) in [5.74, 6) is -0.456. The normalized spacial score (nSPS) is 13.4. The number of aromatic amines is 1. The fraction of sp³-hybridized carbons (Fsp3) is 0.400. The molecule has 3 rings (SSSR count). The number of carbonyl (C=O) groups is 1. The second kappa shape index (κ2) is 6.55. The van der Waals surface area contributed by atoms with Crippen molar-refractivity contribution in [3.63, 3.8) is 0 Å². The first kappa shape index (κ1) is 15.1. The first-order valence-electron chi connectivity index (χ1n) is 7.56. The molecular formula is C15H17N5O3. The molecule has 8 nitrogen and oxygen atoms in total. The lowest BCUT2D eigenvalue weighted by atomic mass is 9.97. The molecule has 0 bridgehead atoms. The van der Waals surface area contributed by atoms with Gasteiger partial charge in [0.1, 0.15) is 5.69 Å². The number of rotatable bonds is 4. The molecule has 0 fully saturated rings. The third kappa shape index (κ3) is 3.53. The molecule has 1 amide bonds. The average molecular weight is 315 g/mol. The maximum atomic E-state index is 12.0. The van der Waals surface area contributed by atoms with Crippen molar-refractivity contribution in [3.05, 3.63) is 56.1 Å². The maximum Gasteiger partial charge on any atom is 0.270 e. The Kier molecular flexibility index (Phi) is 4.31. The van der Waals surface area contributed by atoms with Crippen LogP contribution in [0.5, 0.6) is 0 Å². The first-order valence-corrected chi connectivity index (χ1v) is 7.56. The SMILES string of the molecule is O=C(NCCn1nc2c(cc1=O)CCCC2)c1cc(=O)[nH]cn1. The summed E-state index contributed by atoms with van der Waals surface area (Å²) in [6, 6.07) is 2.76. The van der Waals surface area contributed by atoms with E-state index < -0.39 is 11.5 Å². The van der Waals surface area contributed by atoms with Crippen molar-refractivity contribution in [1.82, 2.24) is 25.1 Å². The van der Waals surface area contributed by atoms with Crippen molar-refractivity contribution < 1.29 is 4.79 Å². The third-order valence-electron chi connectivity index (χ3n) is 3.79. The lowest BCUT2D eigenvalue weighted by molar-refractivity contribution is 0.0946. The second-order valence-electron chi connectivity index (χ2n) is 5.44. The highest BCUT2D eigenvalue weighted by Crippen LogP contribution is 2.16. The van der Waals surface area contributed by atoms with Crippen LogP contribution in [0.15, 0.2) is 28.0 Å². The highest BCUT2D eigenvalue weighted by Gasteiger charge is 2.13. The van der Waals surface area contributed by atoms with Gasteiger partial charge in [-0.05, 0) is 31.2 Å². The van der Waals surface area contributed by atoms with Crippen molar-refractivity contribution >= 4 is 5.91 Å². The van der Waals surface area contributed by atoms with Crippen LogP contribution in [0.4, 0.5) is 0 Å². The topological polar surface area (TPSA) is 110 Å². The molecule has 0 aromatic carbocycles. The zero-order valence-corrected chi connectivity index (χ0v) is 12.5. The van der Waals surface area contributed by atoms with E-state index in [1.807, 2.05) is 0 Å². The maximum absolute atomic E-state index is 12.0. The van der Waals surface area contributed by atoms with E-state index in [0.29, 0.717) is 0 Å². The summed E-state index contributed by atoms with van der Waals surface area (Å²) >= 11 is 0. The number of aryl methyl sites for hydroxylation is 2. The number of carbonyl (C=O) groups excluding carboxylic acids is 1. The number of hydrogen-bond acceptors (Lipinski definition) is 5. The first-order chi connectivity index (χ1) is 11.1. The number of nitrogens with one attached hydrogen (secondary N) is 2. The van der Waals surface area contributed by atoms with Crippen LogP contribution >= 0.6 is 0 Å². The molecule has 0 aliphatic heterocycles. The van der Waals surface area contributed by atoms with Crippen molar-refractivity contribution in [2.24, 2.45) is 0 Å². The van der Waals surface area contributed by atoms with E-state index in [2.05, 4.69) is 20.4 Å². The van der Waals surface area contributed by atoms with Crippen LogP contribution in [0.1, 0.15) is 34.6 Å². The predicted octanol–water partition coefficient (Wildman–Crippen LogP) is -0.365. The predicted molar refractivity (Wildman–Crippen MR) is 82.3 cm³/mol. The molecule has 0 radical (unpaired) electrons. The van der Waals surface area contributed by atoms with Gasteiger partial charge in [-0.1, -0.05) is 0 Å². The minimum Gasteiger partial charge on any atom is -0.349 e. The summed E-state index contributed by atoms with van der Waals surface area (Å²) in [4.78, 5) is 41.2. The molecule has 1 aliphatic rings. The summed E-state index contributed by atoms with van der Waals surface area (Å²) < 4.78 is 1.37. The molecule has 8 heteroatoms. The Morgan fingerprint density at radius 2 is 2.09 bits per heavy atom. The van der Waals surface area contributed by atoms with Crippen molar-refractivity contribution in [2.75, 3.05) is 6.54 Å². The van der Waals surface area contributed by atoms with Gasteiger partial charge in [-0.25, -0.2) is 9.67 Å². The zero-order valence-electron chi connectivity index (χ0n) is 12.5. The van der Waals surface area contributed by atoms with Gasteiger partial charge in [0.2, 0.25) is 0 Å². The van der Waals surface area contributed by atoms with Crippen molar-refractivity contribution in [3.8, 4) is 0 Å². The smallest absolute Gasteiger partial charge is 0.270 e. The quantitative estimate of drug-likeness (QED) is 0.800. The molecule has 120 valence electrons. The standard InChI is InChI=1S/C15H17N5O3/c21-13-8-12(17-9-18-13)15(23)16-5-6-20-14(22)7-10-3-1-2-4-11(10)19-20/h7-9H,1-6H2,(H,16,23)(H,17,18,21). The van der Waals surface area contributed by atoms with Gasteiger partial charge in [-0.2, -0.15) is 5.10 Å². The molecule has 0 spiro atoms. The molecule has 1 aliphatic carbocycles. The lowest BCUT2D eigenvalue weighted by Crippen LogP contribution is -2.33. The van der Waals surface area contributed by atoms with Gasteiger partial charge in [0.15, 0.2) is 0 Å². The van der Waals surface area contributed by atoms with E-state index >= 15 is 0 Å². The van der Waals surface area contributed by atoms with Gasteiger partial charge in [-0.15, -0.1) is 0 Å². The molecular weight excluding hydrogens is 298 g/mol. The Morgan fingerprint density at radius 3 is 2.91 bits per heavy atom. The average Bonchev–Trinajstić information content (AvgIpc) is 2.55. The number of nitrogens with zero attached hydrogens (tertiary/aromatic N) is 3. The van der Waals surface area contributed by atoms with Crippen LogP contribution < -0.4 is 16.4 Å². The molecule has 2 N–H and O–H groups in total.